The molecule has 0 radical (unpaired) electrons. The van der Waals surface area contributed by atoms with Crippen LogP contribution in [0.4, 0.5) is 0 Å². The topological polar surface area (TPSA) is 47.6 Å². The van der Waals surface area contributed by atoms with E-state index < -0.39 is 0 Å². The summed E-state index contributed by atoms with van der Waals surface area (Å²) in [6.45, 7) is 0.827. The molecule has 24 heavy (non-hydrogen) atoms. The lowest BCUT2D eigenvalue weighted by Crippen LogP contribution is -2.39. The normalized spacial score (nSPS) is 17.7. The van der Waals surface area contributed by atoms with E-state index in [2.05, 4.69) is 29.6 Å². The number of para-hydroxylation sites is 1. The molecular formula is C20H21NO3. The zero-order valence-electron chi connectivity index (χ0n) is 13.6. The molecule has 0 aromatic heterocycles. The number of ether oxygens (including phenoxy) is 2. The van der Waals surface area contributed by atoms with Gasteiger partial charge in [0, 0.05) is 12.0 Å². The van der Waals surface area contributed by atoms with Gasteiger partial charge in [0.15, 0.2) is 11.5 Å². The van der Waals surface area contributed by atoms with E-state index in [1.165, 1.54) is 18.4 Å². The van der Waals surface area contributed by atoms with Crippen molar-refractivity contribution in [3.05, 3.63) is 59.7 Å². The quantitative estimate of drug-likeness (QED) is 0.934. The summed E-state index contributed by atoms with van der Waals surface area (Å²) >= 11 is 0. The Kier molecular flexibility index (Phi) is 3.89. The standard InChI is InChI=1S/C20H21NO3/c22-19(16-9-6-10-17-18(16)24-14-23-17)21-13-20(11-4-5-12-20)15-7-2-1-3-8-15/h1-3,6-10H,4-5,11-14H2,(H,21,22). The summed E-state index contributed by atoms with van der Waals surface area (Å²) in [6, 6.07) is 16.0. The van der Waals surface area contributed by atoms with Crippen molar-refractivity contribution in [1.82, 2.24) is 5.32 Å². The van der Waals surface area contributed by atoms with Gasteiger partial charge in [-0.1, -0.05) is 49.2 Å². The van der Waals surface area contributed by atoms with E-state index in [1.54, 1.807) is 6.07 Å². The molecule has 4 rings (SSSR count). The van der Waals surface area contributed by atoms with Gasteiger partial charge >= 0.3 is 0 Å². The number of amides is 1. The molecule has 124 valence electrons. The number of carbonyl (C=O) groups excluding carboxylic acids is 1. The number of nitrogens with one attached hydrogen (secondary N) is 1. The van der Waals surface area contributed by atoms with Crippen molar-refractivity contribution in [2.45, 2.75) is 31.1 Å². The highest BCUT2D eigenvalue weighted by molar-refractivity contribution is 5.98. The van der Waals surface area contributed by atoms with Crippen molar-refractivity contribution < 1.29 is 14.3 Å². The van der Waals surface area contributed by atoms with Gasteiger partial charge in [0.05, 0.1) is 5.56 Å². The molecule has 1 saturated carbocycles. The molecule has 1 aliphatic heterocycles. The molecule has 0 saturated heterocycles. The highest BCUT2D eigenvalue weighted by Crippen LogP contribution is 2.41. The first kappa shape index (κ1) is 15.1. The largest absolute Gasteiger partial charge is 0.454 e. The fraction of sp³-hybridized carbons (Fsp3) is 0.350. The van der Waals surface area contributed by atoms with Crippen LogP contribution in [-0.4, -0.2) is 19.2 Å². The van der Waals surface area contributed by atoms with E-state index in [9.17, 15) is 4.79 Å². The first-order chi connectivity index (χ1) is 11.8. The van der Waals surface area contributed by atoms with Gasteiger partial charge in [0.2, 0.25) is 6.79 Å². The Morgan fingerprint density at radius 1 is 1.00 bits per heavy atom. The minimum absolute atomic E-state index is 0.0478. The van der Waals surface area contributed by atoms with Crippen molar-refractivity contribution in [3.8, 4) is 11.5 Å². The van der Waals surface area contributed by atoms with Crippen LogP contribution in [0.3, 0.4) is 0 Å². The Morgan fingerprint density at radius 3 is 2.58 bits per heavy atom. The maximum atomic E-state index is 12.7. The molecule has 2 aromatic carbocycles. The van der Waals surface area contributed by atoms with Gasteiger partial charge in [-0.05, 0) is 30.5 Å². The Morgan fingerprint density at radius 2 is 1.79 bits per heavy atom. The van der Waals surface area contributed by atoms with Crippen LogP contribution in [0.1, 0.15) is 41.6 Å². The number of carbonyl (C=O) groups is 1. The molecule has 0 bridgehead atoms. The number of benzene rings is 2. The summed E-state index contributed by atoms with van der Waals surface area (Å²) in [7, 11) is 0. The van der Waals surface area contributed by atoms with Gasteiger partial charge in [-0.25, -0.2) is 0 Å². The molecule has 1 fully saturated rings. The van der Waals surface area contributed by atoms with Gasteiger partial charge in [-0.2, -0.15) is 0 Å². The maximum Gasteiger partial charge on any atom is 0.255 e. The van der Waals surface area contributed by atoms with Crippen LogP contribution in [0.15, 0.2) is 48.5 Å². The summed E-state index contributed by atoms with van der Waals surface area (Å²) in [6.07, 6.45) is 4.65. The third-order valence-corrected chi connectivity index (χ3v) is 5.18. The van der Waals surface area contributed by atoms with Crippen LogP contribution in [0.2, 0.25) is 0 Å². The van der Waals surface area contributed by atoms with E-state index >= 15 is 0 Å². The molecular weight excluding hydrogens is 302 g/mol. The second kappa shape index (κ2) is 6.19. The van der Waals surface area contributed by atoms with Gasteiger partial charge < -0.3 is 14.8 Å². The van der Waals surface area contributed by atoms with E-state index in [-0.39, 0.29) is 18.1 Å². The van der Waals surface area contributed by atoms with Crippen LogP contribution in [0.25, 0.3) is 0 Å². The predicted octanol–water partition coefficient (Wildman–Crippen LogP) is 3.66. The van der Waals surface area contributed by atoms with Crippen molar-refractivity contribution in [2.75, 3.05) is 13.3 Å². The van der Waals surface area contributed by atoms with E-state index in [0.717, 1.165) is 12.8 Å². The van der Waals surface area contributed by atoms with Crippen LogP contribution >= 0.6 is 0 Å². The molecule has 1 heterocycles. The van der Waals surface area contributed by atoms with Crippen molar-refractivity contribution in [3.63, 3.8) is 0 Å². The van der Waals surface area contributed by atoms with Gasteiger partial charge in [0.25, 0.3) is 5.91 Å². The fourth-order valence-corrected chi connectivity index (χ4v) is 3.86. The molecule has 0 spiro atoms. The van der Waals surface area contributed by atoms with Crippen LogP contribution in [0.5, 0.6) is 11.5 Å². The zero-order chi connectivity index (χ0) is 16.4. The first-order valence-electron chi connectivity index (χ1n) is 8.51. The highest BCUT2D eigenvalue weighted by atomic mass is 16.7. The Bertz CT molecular complexity index is 736. The molecule has 0 unspecified atom stereocenters. The van der Waals surface area contributed by atoms with Crippen LogP contribution < -0.4 is 14.8 Å². The average molecular weight is 323 g/mol. The van der Waals surface area contributed by atoms with Gasteiger partial charge in [0.1, 0.15) is 0 Å². The van der Waals surface area contributed by atoms with Crippen molar-refractivity contribution in [1.29, 1.82) is 0 Å². The Labute approximate surface area is 141 Å². The lowest BCUT2D eigenvalue weighted by molar-refractivity contribution is 0.0938. The number of hydrogen-bond donors (Lipinski definition) is 1. The van der Waals surface area contributed by atoms with E-state index in [0.29, 0.717) is 23.6 Å². The number of hydrogen-bond acceptors (Lipinski definition) is 3. The fourth-order valence-electron chi connectivity index (χ4n) is 3.86. The number of rotatable bonds is 4. The SMILES string of the molecule is O=C(NCC1(c2ccccc2)CCCC1)c1cccc2c1OCO2. The zero-order valence-corrected chi connectivity index (χ0v) is 13.6. The number of fused-ring (bicyclic) bond motifs is 1. The second-order valence-corrected chi connectivity index (χ2v) is 6.58. The van der Waals surface area contributed by atoms with Gasteiger partial charge in [-0.3, -0.25) is 4.79 Å². The summed E-state index contributed by atoms with van der Waals surface area (Å²) < 4.78 is 10.8. The molecule has 4 heteroatoms. The van der Waals surface area contributed by atoms with Gasteiger partial charge in [-0.15, -0.1) is 0 Å². The average Bonchev–Trinajstić information content (AvgIpc) is 3.30. The Balaban J connectivity index is 1.53. The van der Waals surface area contributed by atoms with E-state index in [4.69, 9.17) is 9.47 Å². The van der Waals surface area contributed by atoms with E-state index in [1.807, 2.05) is 18.2 Å². The molecule has 1 amide bonds. The summed E-state index contributed by atoms with van der Waals surface area (Å²) in [4.78, 5) is 12.7. The summed E-state index contributed by atoms with van der Waals surface area (Å²) in [5.74, 6) is 1.09. The minimum Gasteiger partial charge on any atom is -0.454 e. The molecule has 0 atom stereocenters. The monoisotopic (exact) mass is 323 g/mol. The first-order valence-corrected chi connectivity index (χ1v) is 8.51. The van der Waals surface area contributed by atoms with Crippen molar-refractivity contribution in [2.24, 2.45) is 0 Å². The summed E-state index contributed by atoms with van der Waals surface area (Å²) in [5, 5.41) is 3.14. The second-order valence-electron chi connectivity index (χ2n) is 6.58. The molecule has 1 aliphatic carbocycles. The smallest absolute Gasteiger partial charge is 0.255 e. The predicted molar refractivity (Wildman–Crippen MR) is 91.5 cm³/mol. The molecule has 2 aromatic rings. The molecule has 1 N–H and O–H groups in total. The molecule has 4 nitrogen and oxygen atoms in total. The highest BCUT2D eigenvalue weighted by Gasteiger charge is 2.36. The lowest BCUT2D eigenvalue weighted by Gasteiger charge is -2.30. The third kappa shape index (κ3) is 2.62. The maximum absolute atomic E-state index is 12.7. The lowest BCUT2D eigenvalue weighted by atomic mass is 9.79. The van der Waals surface area contributed by atoms with Crippen LogP contribution in [0, 0.1) is 0 Å². The minimum atomic E-state index is -0.0976. The van der Waals surface area contributed by atoms with Crippen LogP contribution in [-0.2, 0) is 5.41 Å². The van der Waals surface area contributed by atoms with Crippen molar-refractivity contribution >= 4 is 5.91 Å². The molecule has 2 aliphatic rings. The third-order valence-electron chi connectivity index (χ3n) is 5.18. The summed E-state index contributed by atoms with van der Waals surface area (Å²) in [5.41, 5.74) is 1.92. The Hall–Kier alpha value is -2.49.